The molecule has 0 aromatic heterocycles. The van der Waals surface area contributed by atoms with E-state index < -0.39 is 0 Å². The Labute approximate surface area is 246 Å². The second kappa shape index (κ2) is 12.1. The molecule has 3 saturated heterocycles. The molecule has 222 valence electrons. The number of aryl methyl sites for hydroxylation is 2. The van der Waals surface area contributed by atoms with Gasteiger partial charge in [0.05, 0.1) is 31.3 Å². The van der Waals surface area contributed by atoms with Gasteiger partial charge >= 0.3 is 0 Å². The number of hydrogen-bond acceptors (Lipinski definition) is 7. The van der Waals surface area contributed by atoms with Crippen LogP contribution < -0.4 is 10.6 Å². The Kier molecular flexibility index (Phi) is 8.54. The lowest BCUT2D eigenvalue weighted by Gasteiger charge is -2.56. The predicted molar refractivity (Wildman–Crippen MR) is 160 cm³/mol. The van der Waals surface area contributed by atoms with E-state index in [1.54, 1.807) is 11.1 Å². The average Bonchev–Trinajstić information content (AvgIpc) is 3.40. The molecule has 3 heterocycles. The van der Waals surface area contributed by atoms with Gasteiger partial charge in [-0.1, -0.05) is 24.8 Å². The molecular formula is C33H48N6O2. The van der Waals surface area contributed by atoms with E-state index in [-0.39, 0.29) is 24.5 Å². The van der Waals surface area contributed by atoms with Crippen LogP contribution >= 0.6 is 0 Å². The summed E-state index contributed by atoms with van der Waals surface area (Å²) in [7, 11) is 2.20. The quantitative estimate of drug-likeness (QED) is 0.517. The van der Waals surface area contributed by atoms with Gasteiger partial charge in [0.15, 0.2) is 6.35 Å². The van der Waals surface area contributed by atoms with Crippen LogP contribution in [0.3, 0.4) is 0 Å². The summed E-state index contributed by atoms with van der Waals surface area (Å²) in [5.74, 6) is 0.382. The summed E-state index contributed by atoms with van der Waals surface area (Å²) in [5.41, 5.74) is 4.91. The smallest absolute Gasteiger partial charge is 0.246 e. The summed E-state index contributed by atoms with van der Waals surface area (Å²) in [6.07, 6.45) is 11.3. The van der Waals surface area contributed by atoms with Crippen molar-refractivity contribution in [2.45, 2.75) is 95.4 Å². The monoisotopic (exact) mass is 560 g/mol. The average molecular weight is 561 g/mol. The largest absolute Gasteiger partial charge is 0.348 e. The molecule has 2 aliphatic carbocycles. The van der Waals surface area contributed by atoms with Gasteiger partial charge in [-0.05, 0) is 100 Å². The number of nitriles is 1. The Balaban J connectivity index is 1.21. The third-order valence-corrected chi connectivity index (χ3v) is 11.1. The van der Waals surface area contributed by atoms with E-state index in [2.05, 4.69) is 65.3 Å². The molecule has 1 amide bonds. The van der Waals surface area contributed by atoms with Crippen LogP contribution in [0.5, 0.6) is 0 Å². The molecule has 2 N–H and O–H groups in total. The zero-order valence-corrected chi connectivity index (χ0v) is 25.0. The minimum atomic E-state index is -0.203. The molecule has 1 spiro atoms. The van der Waals surface area contributed by atoms with Crippen molar-refractivity contribution in [3.63, 3.8) is 0 Å². The maximum atomic E-state index is 12.6. The second-order valence-corrected chi connectivity index (χ2v) is 13.4. The molecule has 6 unspecified atom stereocenters. The number of carbonyl (C=O) groups excluding carboxylic acids is 1. The number of ether oxygens (including phenoxy) is 1. The van der Waals surface area contributed by atoms with Gasteiger partial charge in [0, 0.05) is 37.6 Å². The first-order valence-corrected chi connectivity index (χ1v) is 15.8. The molecule has 41 heavy (non-hydrogen) atoms. The molecule has 8 nitrogen and oxygen atoms in total. The maximum Gasteiger partial charge on any atom is 0.246 e. The van der Waals surface area contributed by atoms with Crippen LogP contribution in [0.1, 0.15) is 61.6 Å². The highest BCUT2D eigenvalue weighted by atomic mass is 16.5. The molecule has 1 aromatic rings. The van der Waals surface area contributed by atoms with Crippen LogP contribution in [0.2, 0.25) is 0 Å². The van der Waals surface area contributed by atoms with Crippen molar-refractivity contribution in [3.05, 3.63) is 47.5 Å². The first kappa shape index (κ1) is 28.8. The summed E-state index contributed by atoms with van der Waals surface area (Å²) >= 11 is 0. The predicted octanol–water partition coefficient (Wildman–Crippen LogP) is 3.16. The Hall–Kier alpha value is -2.28. The van der Waals surface area contributed by atoms with Crippen molar-refractivity contribution >= 4 is 5.91 Å². The summed E-state index contributed by atoms with van der Waals surface area (Å²) < 4.78 is 6.59. The van der Waals surface area contributed by atoms with E-state index in [9.17, 15) is 10.1 Å². The lowest BCUT2D eigenvalue weighted by Crippen LogP contribution is -2.72. The molecule has 0 radical (unpaired) electrons. The van der Waals surface area contributed by atoms with Gasteiger partial charge in [0.1, 0.15) is 0 Å². The zero-order chi connectivity index (χ0) is 28.6. The maximum absolute atomic E-state index is 12.6. The molecule has 5 aliphatic rings. The van der Waals surface area contributed by atoms with Crippen LogP contribution in [0.25, 0.3) is 0 Å². The second-order valence-electron chi connectivity index (χ2n) is 13.4. The number of likely N-dealkylation sites (N-methyl/N-ethyl adjacent to an activating group) is 1. The Morgan fingerprint density at radius 2 is 2.10 bits per heavy atom. The normalized spacial score (nSPS) is 36.0. The Morgan fingerprint density at radius 1 is 1.22 bits per heavy atom. The fraction of sp³-hybridized carbons (Fsp3) is 0.697. The lowest BCUT2D eigenvalue weighted by molar-refractivity contribution is -0.137. The van der Waals surface area contributed by atoms with Crippen molar-refractivity contribution in [1.82, 2.24) is 25.3 Å². The number of rotatable bonds is 6. The van der Waals surface area contributed by atoms with Crippen molar-refractivity contribution in [2.24, 2.45) is 11.3 Å². The SMILES string of the molecule is C=CC(=O)N1CCN(C2NC(OCC3CCCN3C)NC3C[C@]4(CCc5cccc(C)c5C4)CCC32)CC1CC#N. The number of carbonyl (C=O) groups is 1. The number of fused-ring (bicyclic) bond motifs is 2. The topological polar surface area (TPSA) is 83.9 Å². The van der Waals surface area contributed by atoms with Gasteiger partial charge < -0.3 is 14.5 Å². The minimum absolute atomic E-state index is 0.0737. The standard InChI is InChI=1S/C33H48N6O2/c1-4-30(40)39-18-17-38(21-25(39)12-15-34)31-27-11-14-33(13-10-24-8-5-7-23(2)28(24)19-33)20-29(27)35-32(36-31)41-22-26-9-6-16-37(26)3/h4-5,7-8,25-27,29,31-32,35-36H,1,6,9-14,16-22H2,2-3H3/t25?,26?,27?,29?,31?,32?,33-/m1/s1. The molecule has 1 aromatic carbocycles. The van der Waals surface area contributed by atoms with Gasteiger partial charge in [-0.25, -0.2) is 0 Å². The number of likely N-dealkylation sites (tertiary alicyclic amines) is 1. The number of hydrogen-bond donors (Lipinski definition) is 2. The molecule has 8 heteroatoms. The minimum Gasteiger partial charge on any atom is -0.348 e. The van der Waals surface area contributed by atoms with E-state index in [0.717, 1.165) is 19.7 Å². The molecule has 3 aliphatic heterocycles. The van der Waals surface area contributed by atoms with Crippen molar-refractivity contribution in [2.75, 3.05) is 39.8 Å². The number of piperazine rings is 1. The van der Waals surface area contributed by atoms with Gasteiger partial charge in [0.25, 0.3) is 0 Å². The van der Waals surface area contributed by atoms with E-state index in [1.807, 2.05) is 4.90 Å². The number of benzene rings is 1. The molecular weight excluding hydrogens is 512 g/mol. The zero-order valence-electron chi connectivity index (χ0n) is 25.0. The molecule has 0 bridgehead atoms. The van der Waals surface area contributed by atoms with E-state index >= 15 is 0 Å². The third kappa shape index (κ3) is 5.85. The van der Waals surface area contributed by atoms with Crippen LogP contribution in [-0.4, -0.2) is 91.1 Å². The summed E-state index contributed by atoms with van der Waals surface area (Å²) in [5, 5.41) is 17.4. The number of nitrogens with one attached hydrogen (secondary N) is 2. The molecule has 7 atom stereocenters. The van der Waals surface area contributed by atoms with Gasteiger partial charge in [-0.15, -0.1) is 0 Å². The van der Waals surface area contributed by atoms with Crippen molar-refractivity contribution in [3.8, 4) is 6.07 Å². The van der Waals surface area contributed by atoms with Crippen LogP contribution in [0.4, 0.5) is 0 Å². The first-order valence-electron chi connectivity index (χ1n) is 15.8. The number of amides is 1. The summed E-state index contributed by atoms with van der Waals surface area (Å²) in [6, 6.07) is 9.87. The lowest BCUT2D eigenvalue weighted by atomic mass is 9.59. The van der Waals surface area contributed by atoms with Crippen LogP contribution in [0, 0.1) is 29.6 Å². The highest BCUT2D eigenvalue weighted by molar-refractivity contribution is 5.87. The Bertz CT molecular complexity index is 1170. The van der Waals surface area contributed by atoms with E-state index in [1.165, 1.54) is 63.0 Å². The van der Waals surface area contributed by atoms with Gasteiger partial charge in [-0.2, -0.15) is 5.26 Å². The van der Waals surface area contributed by atoms with Crippen LogP contribution in [-0.2, 0) is 22.4 Å². The van der Waals surface area contributed by atoms with Gasteiger partial charge in [0.2, 0.25) is 5.91 Å². The Morgan fingerprint density at radius 3 is 2.88 bits per heavy atom. The highest BCUT2D eigenvalue weighted by Crippen LogP contribution is 2.50. The fourth-order valence-corrected chi connectivity index (χ4v) is 8.67. The van der Waals surface area contributed by atoms with Crippen molar-refractivity contribution in [1.29, 1.82) is 5.26 Å². The van der Waals surface area contributed by atoms with E-state index in [4.69, 9.17) is 4.74 Å². The molecule has 6 rings (SSSR count). The highest BCUT2D eigenvalue weighted by Gasteiger charge is 2.50. The first-order chi connectivity index (χ1) is 19.9. The van der Waals surface area contributed by atoms with Crippen LogP contribution in [0.15, 0.2) is 30.9 Å². The van der Waals surface area contributed by atoms with Gasteiger partial charge in [-0.3, -0.25) is 20.3 Å². The van der Waals surface area contributed by atoms with Crippen molar-refractivity contribution < 1.29 is 9.53 Å². The number of nitrogens with zero attached hydrogens (tertiary/aromatic N) is 4. The fourth-order valence-electron chi connectivity index (χ4n) is 8.67. The molecule has 1 saturated carbocycles. The third-order valence-electron chi connectivity index (χ3n) is 11.1. The van der Waals surface area contributed by atoms with E-state index in [0.29, 0.717) is 42.9 Å². The summed E-state index contributed by atoms with van der Waals surface area (Å²) in [4.78, 5) is 19.3. The molecule has 4 fully saturated rings. The summed E-state index contributed by atoms with van der Waals surface area (Å²) in [6.45, 7) is 9.95.